The highest BCUT2D eigenvalue weighted by Gasteiger charge is 2.27. The lowest BCUT2D eigenvalue weighted by Gasteiger charge is -2.35. The van der Waals surface area contributed by atoms with E-state index in [4.69, 9.17) is 0 Å². The molecule has 1 aromatic rings. The number of likely N-dealkylation sites (tertiary alicyclic amines) is 1. The Hall–Kier alpha value is -0.870. The van der Waals surface area contributed by atoms with Gasteiger partial charge < -0.3 is 10.0 Å². The van der Waals surface area contributed by atoms with Gasteiger partial charge in [-0.3, -0.25) is 4.79 Å². The van der Waals surface area contributed by atoms with Crippen LogP contribution in [-0.2, 0) is 0 Å². The first kappa shape index (κ1) is 13.6. The largest absolute Gasteiger partial charge is 0.394 e. The van der Waals surface area contributed by atoms with Gasteiger partial charge in [-0.05, 0) is 43.9 Å². The van der Waals surface area contributed by atoms with Crippen LogP contribution in [0.3, 0.4) is 0 Å². The molecule has 1 fully saturated rings. The van der Waals surface area contributed by atoms with Crippen LogP contribution in [0, 0.1) is 6.92 Å². The molecule has 1 unspecified atom stereocenters. The minimum absolute atomic E-state index is 0.0235. The second kappa shape index (κ2) is 5.85. The topological polar surface area (TPSA) is 40.5 Å². The number of benzene rings is 1. The molecule has 1 amide bonds. The Morgan fingerprint density at radius 3 is 3.00 bits per heavy atom. The maximum absolute atomic E-state index is 12.5. The van der Waals surface area contributed by atoms with Gasteiger partial charge in [-0.25, -0.2) is 0 Å². The molecule has 1 aliphatic heterocycles. The van der Waals surface area contributed by atoms with Gasteiger partial charge in [0.05, 0.1) is 12.6 Å². The number of aliphatic hydroxyl groups excluding tert-OH is 1. The Bertz CT molecular complexity index is 447. The number of aliphatic hydroxyl groups is 1. The summed E-state index contributed by atoms with van der Waals surface area (Å²) in [4.78, 5) is 14.4. The van der Waals surface area contributed by atoms with Gasteiger partial charge in [0.15, 0.2) is 0 Å². The smallest absolute Gasteiger partial charge is 0.254 e. The molecule has 1 saturated heterocycles. The molecule has 98 valence electrons. The lowest BCUT2D eigenvalue weighted by molar-refractivity contribution is 0.0502. The van der Waals surface area contributed by atoms with E-state index in [2.05, 4.69) is 15.9 Å². The zero-order chi connectivity index (χ0) is 13.1. The molecule has 0 radical (unpaired) electrons. The number of aryl methyl sites for hydroxylation is 1. The average molecular weight is 312 g/mol. The Morgan fingerprint density at radius 2 is 2.28 bits per heavy atom. The summed E-state index contributed by atoms with van der Waals surface area (Å²) >= 11 is 3.40. The number of halogens is 1. The second-order valence-corrected chi connectivity index (χ2v) is 5.71. The third-order valence-corrected chi connectivity index (χ3v) is 4.02. The maximum atomic E-state index is 12.5. The van der Waals surface area contributed by atoms with Crippen molar-refractivity contribution in [2.75, 3.05) is 13.2 Å². The van der Waals surface area contributed by atoms with E-state index in [0.717, 1.165) is 41.4 Å². The Morgan fingerprint density at radius 1 is 1.50 bits per heavy atom. The fraction of sp³-hybridized carbons (Fsp3) is 0.500. The minimum atomic E-state index is -0.0235. The predicted molar refractivity (Wildman–Crippen MR) is 74.6 cm³/mol. The molecule has 1 N–H and O–H groups in total. The van der Waals surface area contributed by atoms with Crippen molar-refractivity contribution in [3.63, 3.8) is 0 Å². The third-order valence-electron chi connectivity index (χ3n) is 3.53. The van der Waals surface area contributed by atoms with Crippen LogP contribution in [0.2, 0.25) is 0 Å². The Labute approximate surface area is 116 Å². The van der Waals surface area contributed by atoms with Gasteiger partial charge in [-0.2, -0.15) is 0 Å². The van der Waals surface area contributed by atoms with E-state index in [1.54, 1.807) is 0 Å². The predicted octanol–water partition coefficient (Wildman–Crippen LogP) is 2.74. The van der Waals surface area contributed by atoms with Crippen molar-refractivity contribution in [2.45, 2.75) is 32.2 Å². The lowest BCUT2D eigenvalue weighted by Crippen LogP contribution is -2.45. The highest BCUT2D eigenvalue weighted by molar-refractivity contribution is 9.10. The molecular weight excluding hydrogens is 294 g/mol. The molecule has 0 aliphatic carbocycles. The molecule has 3 nitrogen and oxygen atoms in total. The van der Waals surface area contributed by atoms with Crippen molar-refractivity contribution in [3.05, 3.63) is 33.8 Å². The van der Waals surface area contributed by atoms with Crippen LogP contribution < -0.4 is 0 Å². The van der Waals surface area contributed by atoms with E-state index in [-0.39, 0.29) is 18.6 Å². The van der Waals surface area contributed by atoms with Crippen molar-refractivity contribution in [1.82, 2.24) is 4.90 Å². The van der Waals surface area contributed by atoms with Gasteiger partial charge in [0.25, 0.3) is 5.91 Å². The average Bonchev–Trinajstić information content (AvgIpc) is 2.40. The van der Waals surface area contributed by atoms with Crippen molar-refractivity contribution < 1.29 is 9.90 Å². The van der Waals surface area contributed by atoms with Crippen LogP contribution in [0.25, 0.3) is 0 Å². The number of amides is 1. The summed E-state index contributed by atoms with van der Waals surface area (Å²) < 4.78 is 0.911. The first-order chi connectivity index (χ1) is 8.63. The van der Waals surface area contributed by atoms with Crippen LogP contribution >= 0.6 is 15.9 Å². The molecule has 0 saturated carbocycles. The van der Waals surface area contributed by atoms with Gasteiger partial charge >= 0.3 is 0 Å². The standard InChI is InChI=1S/C14H18BrNO2/c1-10-5-6-11(15)8-13(10)14(18)16-7-3-2-4-12(16)9-17/h5-6,8,12,17H,2-4,7,9H2,1H3. The molecule has 18 heavy (non-hydrogen) atoms. The first-order valence-corrected chi connectivity index (χ1v) is 7.10. The number of hydrogen-bond acceptors (Lipinski definition) is 2. The molecule has 1 atom stereocenters. The molecule has 1 heterocycles. The van der Waals surface area contributed by atoms with Crippen molar-refractivity contribution >= 4 is 21.8 Å². The van der Waals surface area contributed by atoms with Crippen molar-refractivity contribution in [1.29, 1.82) is 0 Å². The Balaban J connectivity index is 2.26. The maximum Gasteiger partial charge on any atom is 0.254 e. The number of hydrogen-bond donors (Lipinski definition) is 1. The zero-order valence-electron chi connectivity index (χ0n) is 10.5. The summed E-state index contributed by atoms with van der Waals surface area (Å²) in [5, 5.41) is 9.38. The van der Waals surface area contributed by atoms with Crippen molar-refractivity contribution in [2.24, 2.45) is 0 Å². The molecule has 4 heteroatoms. The quantitative estimate of drug-likeness (QED) is 0.912. The third kappa shape index (κ3) is 2.75. The summed E-state index contributed by atoms with van der Waals surface area (Å²) in [6.45, 7) is 2.74. The SMILES string of the molecule is Cc1ccc(Br)cc1C(=O)N1CCCCC1CO. The van der Waals surface area contributed by atoms with Gasteiger partial charge in [-0.15, -0.1) is 0 Å². The van der Waals surface area contributed by atoms with Crippen molar-refractivity contribution in [3.8, 4) is 0 Å². The number of rotatable bonds is 2. The number of piperidine rings is 1. The highest BCUT2D eigenvalue weighted by Crippen LogP contribution is 2.23. The molecule has 1 aliphatic rings. The Kier molecular flexibility index (Phi) is 4.40. The lowest BCUT2D eigenvalue weighted by atomic mass is 10.00. The number of carbonyl (C=O) groups is 1. The molecule has 1 aromatic carbocycles. The normalized spacial score (nSPS) is 19.9. The minimum Gasteiger partial charge on any atom is -0.394 e. The van der Waals surface area contributed by atoms with Gasteiger partial charge in [0, 0.05) is 16.6 Å². The van der Waals surface area contributed by atoms with E-state index >= 15 is 0 Å². The fourth-order valence-electron chi connectivity index (χ4n) is 2.44. The van der Waals surface area contributed by atoms with Crippen LogP contribution in [-0.4, -0.2) is 35.1 Å². The van der Waals surface area contributed by atoms with Gasteiger partial charge in [0.2, 0.25) is 0 Å². The van der Waals surface area contributed by atoms with E-state index in [0.29, 0.717) is 0 Å². The summed E-state index contributed by atoms with van der Waals surface area (Å²) in [5.74, 6) is 0.0348. The van der Waals surface area contributed by atoms with E-state index in [9.17, 15) is 9.90 Å². The molecule has 0 bridgehead atoms. The molecule has 0 spiro atoms. The summed E-state index contributed by atoms with van der Waals surface area (Å²) in [7, 11) is 0. The van der Waals surface area contributed by atoms with E-state index in [1.165, 1.54) is 0 Å². The van der Waals surface area contributed by atoms with Crippen LogP contribution in [0.4, 0.5) is 0 Å². The molecule has 2 rings (SSSR count). The van der Waals surface area contributed by atoms with E-state index in [1.807, 2.05) is 30.0 Å². The summed E-state index contributed by atoms with van der Waals surface area (Å²) in [6.07, 6.45) is 3.01. The number of carbonyl (C=O) groups excluding carboxylic acids is 1. The van der Waals surface area contributed by atoms with E-state index < -0.39 is 0 Å². The van der Waals surface area contributed by atoms with Gasteiger partial charge in [0.1, 0.15) is 0 Å². The summed E-state index contributed by atoms with van der Waals surface area (Å²) in [5.41, 5.74) is 1.70. The zero-order valence-corrected chi connectivity index (χ0v) is 12.1. The van der Waals surface area contributed by atoms with Gasteiger partial charge in [-0.1, -0.05) is 22.0 Å². The highest BCUT2D eigenvalue weighted by atomic mass is 79.9. The molecule has 0 aromatic heterocycles. The fourth-order valence-corrected chi connectivity index (χ4v) is 2.80. The second-order valence-electron chi connectivity index (χ2n) is 4.79. The van der Waals surface area contributed by atoms with Crippen LogP contribution in [0.15, 0.2) is 22.7 Å². The number of nitrogens with zero attached hydrogens (tertiary/aromatic N) is 1. The molecular formula is C14H18BrNO2. The first-order valence-electron chi connectivity index (χ1n) is 6.31. The summed E-state index contributed by atoms with van der Waals surface area (Å²) in [6, 6.07) is 5.71. The van der Waals surface area contributed by atoms with Crippen LogP contribution in [0.5, 0.6) is 0 Å². The monoisotopic (exact) mass is 311 g/mol. The van der Waals surface area contributed by atoms with Crippen LogP contribution in [0.1, 0.15) is 35.2 Å².